The molecule has 1 aromatic carbocycles. The van der Waals surface area contributed by atoms with E-state index in [4.69, 9.17) is 0 Å². The molecular weight excluding hydrogens is 364 g/mol. The number of hydrogen-bond donors (Lipinski definition) is 2. The van der Waals surface area contributed by atoms with Crippen LogP contribution < -0.4 is 16.4 Å². The van der Waals surface area contributed by atoms with Crippen LogP contribution in [-0.4, -0.2) is 30.2 Å². The number of hydrogen-bond acceptors (Lipinski definition) is 6. The summed E-state index contributed by atoms with van der Waals surface area (Å²) in [4.78, 5) is 37.3. The molecule has 2 N–H and O–H groups in total. The molecule has 0 spiro atoms. The van der Waals surface area contributed by atoms with Crippen molar-refractivity contribution in [2.45, 2.75) is 13.8 Å². The fourth-order valence-corrected chi connectivity index (χ4v) is 2.83. The Morgan fingerprint density at radius 2 is 1.86 bits per heavy atom. The van der Waals surface area contributed by atoms with Crippen LogP contribution in [0.3, 0.4) is 0 Å². The molecule has 10 nitrogen and oxygen atoms in total. The lowest BCUT2D eigenvalue weighted by Crippen LogP contribution is -2.31. The summed E-state index contributed by atoms with van der Waals surface area (Å²) in [5.74, 6) is -1.38. The summed E-state index contributed by atoms with van der Waals surface area (Å²) in [5.41, 5.74) is -1.64. The van der Waals surface area contributed by atoms with Gasteiger partial charge in [-0.1, -0.05) is 18.2 Å². The van der Waals surface area contributed by atoms with Crippen LogP contribution in [0.4, 0.5) is 5.69 Å². The van der Waals surface area contributed by atoms with Gasteiger partial charge in [-0.15, -0.1) is 5.10 Å². The van der Waals surface area contributed by atoms with E-state index < -0.39 is 34.2 Å². The second kappa shape index (κ2) is 6.88. The van der Waals surface area contributed by atoms with Gasteiger partial charge in [0.2, 0.25) is 11.6 Å². The molecule has 0 atom stereocenters. The molecule has 142 valence electrons. The summed E-state index contributed by atoms with van der Waals surface area (Å²) in [6.45, 7) is 2.76. The van der Waals surface area contributed by atoms with E-state index >= 15 is 0 Å². The molecule has 0 aliphatic rings. The molecule has 28 heavy (non-hydrogen) atoms. The highest BCUT2D eigenvalue weighted by molar-refractivity contribution is 5.90. The molecule has 0 fully saturated rings. The van der Waals surface area contributed by atoms with Gasteiger partial charge in [-0.25, -0.2) is 4.68 Å². The lowest BCUT2D eigenvalue weighted by Gasteiger charge is -2.09. The van der Waals surface area contributed by atoms with Crippen molar-refractivity contribution in [2.75, 3.05) is 5.32 Å². The van der Waals surface area contributed by atoms with Gasteiger partial charge in [0.05, 0.1) is 11.4 Å². The van der Waals surface area contributed by atoms with E-state index in [-0.39, 0.29) is 5.69 Å². The predicted octanol–water partition coefficient (Wildman–Crippen LogP) is 0.566. The van der Waals surface area contributed by atoms with Gasteiger partial charge in [0, 0.05) is 14.0 Å². The number of nitrogens with one attached hydrogen (secondary N) is 1. The molecule has 0 saturated heterocycles. The first-order valence-electron chi connectivity index (χ1n) is 8.16. The number of nitrogens with zero attached hydrogens (tertiary/aromatic N) is 5. The Labute approximate surface area is 158 Å². The number of anilines is 1. The molecule has 1 amide bonds. The van der Waals surface area contributed by atoms with Crippen LogP contribution >= 0.6 is 0 Å². The van der Waals surface area contributed by atoms with Crippen LogP contribution in [0, 0.1) is 18.3 Å². The number of benzene rings is 1. The molecule has 2 aromatic heterocycles. The zero-order valence-corrected chi connectivity index (χ0v) is 15.3. The number of para-hydroxylation sites is 1. The first-order valence-corrected chi connectivity index (χ1v) is 8.16. The van der Waals surface area contributed by atoms with Gasteiger partial charge in [0.15, 0.2) is 17.1 Å². The normalized spacial score (nSPS) is 10.5. The van der Waals surface area contributed by atoms with Crippen LogP contribution in [0.5, 0.6) is 5.75 Å². The molecule has 0 radical (unpaired) electrons. The third-order valence-electron chi connectivity index (χ3n) is 4.21. The molecular formula is C18H16N6O4. The van der Waals surface area contributed by atoms with E-state index in [1.165, 1.54) is 9.36 Å². The quantitative estimate of drug-likeness (QED) is 0.682. The zero-order chi connectivity index (χ0) is 20.6. The van der Waals surface area contributed by atoms with E-state index in [0.717, 1.165) is 11.6 Å². The number of carbonyl (C=O) groups is 1. The maximum Gasteiger partial charge on any atom is 0.299 e. The van der Waals surface area contributed by atoms with Gasteiger partial charge >= 0.3 is 0 Å². The molecule has 2 heterocycles. The summed E-state index contributed by atoms with van der Waals surface area (Å²) in [6, 6.07) is 10.4. The minimum atomic E-state index is -0.933. The maximum absolute atomic E-state index is 13.1. The topological polar surface area (TPSA) is 135 Å². The Hall–Kier alpha value is -4.13. The van der Waals surface area contributed by atoms with Gasteiger partial charge in [-0.05, 0) is 19.1 Å². The second-order valence-corrected chi connectivity index (χ2v) is 5.99. The van der Waals surface area contributed by atoms with E-state index in [1.807, 2.05) is 0 Å². The van der Waals surface area contributed by atoms with E-state index in [1.54, 1.807) is 50.4 Å². The number of aromatic hydroxyl groups is 1. The molecule has 10 heteroatoms. The van der Waals surface area contributed by atoms with Gasteiger partial charge in [0.1, 0.15) is 6.07 Å². The lowest BCUT2D eigenvalue weighted by atomic mass is 10.3. The molecule has 0 aliphatic carbocycles. The smallest absolute Gasteiger partial charge is 0.299 e. The zero-order valence-electron chi connectivity index (χ0n) is 15.3. The lowest BCUT2D eigenvalue weighted by molar-refractivity contribution is -0.114. The van der Waals surface area contributed by atoms with Crippen LogP contribution in [0.25, 0.3) is 11.4 Å². The van der Waals surface area contributed by atoms with Crippen molar-refractivity contribution >= 4 is 11.6 Å². The number of amides is 1. The van der Waals surface area contributed by atoms with Crippen molar-refractivity contribution in [1.82, 2.24) is 19.1 Å². The number of carbonyl (C=O) groups excluding carboxylic acids is 1. The Morgan fingerprint density at radius 3 is 2.43 bits per heavy atom. The molecule has 3 rings (SSSR count). The molecule has 0 saturated carbocycles. The minimum Gasteiger partial charge on any atom is -0.503 e. The van der Waals surface area contributed by atoms with Crippen molar-refractivity contribution in [3.63, 3.8) is 0 Å². The standard InChI is InChI=1S/C18H16N6O4/c1-10-15(18(28)24(22(10)3)12-7-5-4-6-8-12)23-17(27)14(20-11(2)25)16(26)13(9-19)21-23/h4-8,26H,1-3H3,(H,20,25). The number of nitriles is 1. The Kier molecular flexibility index (Phi) is 4.58. The third kappa shape index (κ3) is 2.84. The monoisotopic (exact) mass is 380 g/mol. The van der Waals surface area contributed by atoms with Crippen molar-refractivity contribution in [2.24, 2.45) is 7.05 Å². The average molecular weight is 380 g/mol. The van der Waals surface area contributed by atoms with Crippen LogP contribution in [0.15, 0.2) is 39.9 Å². The number of aromatic nitrogens is 4. The fourth-order valence-electron chi connectivity index (χ4n) is 2.83. The first-order chi connectivity index (χ1) is 13.3. The minimum absolute atomic E-state index is 0.0977. The third-order valence-corrected chi connectivity index (χ3v) is 4.21. The molecule has 0 bridgehead atoms. The highest BCUT2D eigenvalue weighted by atomic mass is 16.3. The largest absolute Gasteiger partial charge is 0.503 e. The van der Waals surface area contributed by atoms with E-state index in [0.29, 0.717) is 11.4 Å². The van der Waals surface area contributed by atoms with Crippen LogP contribution in [-0.2, 0) is 11.8 Å². The van der Waals surface area contributed by atoms with Crippen molar-refractivity contribution in [3.8, 4) is 23.2 Å². The summed E-state index contributed by atoms with van der Waals surface area (Å²) in [7, 11) is 1.64. The highest BCUT2D eigenvalue weighted by Crippen LogP contribution is 2.22. The van der Waals surface area contributed by atoms with Crippen LogP contribution in [0.2, 0.25) is 0 Å². The van der Waals surface area contributed by atoms with Crippen molar-refractivity contribution in [3.05, 3.63) is 62.4 Å². The summed E-state index contributed by atoms with van der Waals surface area (Å²) in [5, 5.41) is 25.3. The molecule has 0 aliphatic heterocycles. The van der Waals surface area contributed by atoms with Gasteiger partial charge < -0.3 is 10.4 Å². The van der Waals surface area contributed by atoms with E-state index in [2.05, 4.69) is 10.4 Å². The molecule has 0 unspecified atom stereocenters. The second-order valence-electron chi connectivity index (χ2n) is 5.99. The SMILES string of the molecule is CC(=O)Nc1c(O)c(C#N)nn(-c2c(C)n(C)n(-c3ccccc3)c2=O)c1=O. The highest BCUT2D eigenvalue weighted by Gasteiger charge is 2.24. The average Bonchev–Trinajstić information content (AvgIpc) is 2.89. The Balaban J connectivity index is 2.38. The Morgan fingerprint density at radius 1 is 1.21 bits per heavy atom. The van der Waals surface area contributed by atoms with Gasteiger partial charge in [-0.2, -0.15) is 9.94 Å². The predicted molar refractivity (Wildman–Crippen MR) is 99.8 cm³/mol. The summed E-state index contributed by atoms with van der Waals surface area (Å²) >= 11 is 0. The van der Waals surface area contributed by atoms with Crippen molar-refractivity contribution < 1.29 is 9.90 Å². The van der Waals surface area contributed by atoms with Gasteiger partial charge in [0.25, 0.3) is 11.1 Å². The summed E-state index contributed by atoms with van der Waals surface area (Å²) in [6.07, 6.45) is 0. The van der Waals surface area contributed by atoms with Crippen LogP contribution in [0.1, 0.15) is 18.3 Å². The van der Waals surface area contributed by atoms with Crippen molar-refractivity contribution in [1.29, 1.82) is 5.26 Å². The summed E-state index contributed by atoms with van der Waals surface area (Å²) < 4.78 is 3.61. The van der Waals surface area contributed by atoms with E-state index in [9.17, 15) is 24.8 Å². The van der Waals surface area contributed by atoms with Gasteiger partial charge in [-0.3, -0.25) is 19.1 Å². The molecule has 3 aromatic rings. The fraction of sp³-hybridized carbons (Fsp3) is 0.167. The Bertz CT molecular complexity index is 1240. The maximum atomic E-state index is 13.1. The first kappa shape index (κ1) is 18.7. The number of rotatable bonds is 3.